The van der Waals surface area contributed by atoms with Gasteiger partial charge in [0.05, 0.1) is 0 Å². The Labute approximate surface area is 106 Å². The lowest BCUT2D eigenvalue weighted by Gasteiger charge is -2.25. The first-order valence-electron chi connectivity index (χ1n) is 5.37. The Morgan fingerprint density at radius 1 is 1.41 bits per heavy atom. The van der Waals surface area contributed by atoms with Gasteiger partial charge in [-0.25, -0.2) is 9.18 Å². The Morgan fingerprint density at radius 2 is 2.06 bits per heavy atom. The minimum absolute atomic E-state index is 0.360. The molecule has 1 aromatic carbocycles. The highest BCUT2D eigenvalue weighted by atomic mass is 79.9. The van der Waals surface area contributed by atoms with Crippen molar-refractivity contribution in [2.75, 3.05) is 0 Å². The predicted molar refractivity (Wildman–Crippen MR) is 64.0 cm³/mol. The number of phenols is 1. The standard InChI is InChI=1S/C12H11BrFNO2/c13-8-3-4-9(14)11(17)10(8)12(15-7-16)5-1-2-6-12/h3-4,17H,1-2,5-6H2. The summed E-state index contributed by atoms with van der Waals surface area (Å²) in [6.45, 7) is 0. The van der Waals surface area contributed by atoms with Gasteiger partial charge in [0.1, 0.15) is 5.54 Å². The number of hydrogen-bond donors (Lipinski definition) is 1. The summed E-state index contributed by atoms with van der Waals surface area (Å²) in [5.74, 6) is -1.13. The molecule has 0 spiro atoms. The molecule has 1 fully saturated rings. The van der Waals surface area contributed by atoms with Crippen molar-refractivity contribution < 1.29 is 14.3 Å². The second kappa shape index (κ2) is 4.59. The Balaban J connectivity index is 2.65. The van der Waals surface area contributed by atoms with E-state index in [1.165, 1.54) is 12.1 Å². The predicted octanol–water partition coefficient (Wildman–Crippen LogP) is 3.40. The first kappa shape index (κ1) is 12.3. The van der Waals surface area contributed by atoms with Crippen molar-refractivity contribution in [2.24, 2.45) is 4.99 Å². The number of phenolic OH excluding ortho intramolecular Hbond substituents is 1. The molecule has 0 aliphatic heterocycles. The van der Waals surface area contributed by atoms with Crippen molar-refractivity contribution in [3.63, 3.8) is 0 Å². The van der Waals surface area contributed by atoms with Crippen LogP contribution >= 0.6 is 15.9 Å². The minimum Gasteiger partial charge on any atom is -0.505 e. The van der Waals surface area contributed by atoms with Gasteiger partial charge in [-0.3, -0.25) is 0 Å². The highest BCUT2D eigenvalue weighted by molar-refractivity contribution is 9.10. The monoisotopic (exact) mass is 299 g/mol. The third-order valence-corrected chi connectivity index (χ3v) is 3.89. The van der Waals surface area contributed by atoms with Gasteiger partial charge < -0.3 is 5.11 Å². The van der Waals surface area contributed by atoms with E-state index >= 15 is 0 Å². The van der Waals surface area contributed by atoms with Crippen molar-refractivity contribution in [1.29, 1.82) is 0 Å². The number of benzene rings is 1. The molecule has 0 heterocycles. The lowest BCUT2D eigenvalue weighted by molar-refractivity contribution is 0.384. The van der Waals surface area contributed by atoms with Gasteiger partial charge in [-0.2, -0.15) is 4.99 Å². The van der Waals surface area contributed by atoms with E-state index in [4.69, 9.17) is 0 Å². The first-order valence-corrected chi connectivity index (χ1v) is 6.16. The number of halogens is 2. The van der Waals surface area contributed by atoms with Gasteiger partial charge in [-0.15, -0.1) is 0 Å². The Bertz CT molecular complexity index is 492. The van der Waals surface area contributed by atoms with Gasteiger partial charge in [0.25, 0.3) is 0 Å². The molecule has 5 heteroatoms. The molecule has 1 N–H and O–H groups in total. The van der Waals surface area contributed by atoms with Crippen LogP contribution in [0.25, 0.3) is 0 Å². The smallest absolute Gasteiger partial charge is 0.235 e. The minimum atomic E-state index is -0.827. The molecule has 0 atom stereocenters. The summed E-state index contributed by atoms with van der Waals surface area (Å²) in [6, 6.07) is 2.70. The zero-order valence-corrected chi connectivity index (χ0v) is 10.6. The number of carbonyl (C=O) groups excluding carboxylic acids is 1. The fraction of sp³-hybridized carbons (Fsp3) is 0.417. The van der Waals surface area contributed by atoms with E-state index < -0.39 is 17.1 Å². The number of isocyanates is 1. The van der Waals surface area contributed by atoms with Crippen molar-refractivity contribution in [3.8, 4) is 5.75 Å². The number of aliphatic imine (C=N–C) groups is 1. The summed E-state index contributed by atoms with van der Waals surface area (Å²) in [5.41, 5.74) is -0.467. The van der Waals surface area contributed by atoms with Crippen LogP contribution in [0.1, 0.15) is 31.2 Å². The Hall–Kier alpha value is -1.19. The number of rotatable bonds is 2. The Morgan fingerprint density at radius 3 is 2.65 bits per heavy atom. The van der Waals surface area contributed by atoms with E-state index in [2.05, 4.69) is 20.9 Å². The summed E-state index contributed by atoms with van der Waals surface area (Å²) < 4.78 is 14.0. The van der Waals surface area contributed by atoms with Crippen LogP contribution in [-0.4, -0.2) is 11.2 Å². The van der Waals surface area contributed by atoms with Crippen LogP contribution in [0.4, 0.5) is 4.39 Å². The van der Waals surface area contributed by atoms with Gasteiger partial charge in [0, 0.05) is 10.0 Å². The molecule has 0 aromatic heterocycles. The molecular weight excluding hydrogens is 289 g/mol. The first-order chi connectivity index (χ1) is 8.10. The van der Waals surface area contributed by atoms with E-state index in [9.17, 15) is 14.3 Å². The van der Waals surface area contributed by atoms with Crippen molar-refractivity contribution >= 4 is 22.0 Å². The summed E-state index contributed by atoms with van der Waals surface area (Å²) >= 11 is 3.28. The molecule has 0 unspecified atom stereocenters. The molecule has 0 amide bonds. The highest BCUT2D eigenvalue weighted by Gasteiger charge is 2.40. The summed E-state index contributed by atoms with van der Waals surface area (Å²) in [4.78, 5) is 14.4. The molecule has 0 saturated heterocycles. The second-order valence-corrected chi connectivity index (χ2v) is 5.05. The van der Waals surface area contributed by atoms with E-state index in [-0.39, 0.29) is 0 Å². The molecule has 1 aliphatic rings. The highest BCUT2D eigenvalue weighted by Crippen LogP contribution is 2.48. The number of aromatic hydroxyl groups is 1. The molecule has 2 rings (SSSR count). The van der Waals surface area contributed by atoms with Crippen LogP contribution in [0.3, 0.4) is 0 Å². The second-order valence-electron chi connectivity index (χ2n) is 4.19. The average Bonchev–Trinajstić information content (AvgIpc) is 2.74. The van der Waals surface area contributed by atoms with Crippen LogP contribution in [0.5, 0.6) is 5.75 Å². The third-order valence-electron chi connectivity index (χ3n) is 3.23. The maximum absolute atomic E-state index is 13.4. The largest absolute Gasteiger partial charge is 0.505 e. The van der Waals surface area contributed by atoms with E-state index in [1.54, 1.807) is 6.08 Å². The average molecular weight is 300 g/mol. The molecule has 0 radical (unpaired) electrons. The van der Waals surface area contributed by atoms with Crippen LogP contribution < -0.4 is 0 Å². The van der Waals surface area contributed by atoms with Gasteiger partial charge in [0.15, 0.2) is 11.6 Å². The molecule has 90 valence electrons. The van der Waals surface area contributed by atoms with Crippen molar-refractivity contribution in [2.45, 2.75) is 31.2 Å². The fourth-order valence-corrected chi connectivity index (χ4v) is 3.14. The third kappa shape index (κ3) is 2.01. The van der Waals surface area contributed by atoms with Crippen LogP contribution in [0.2, 0.25) is 0 Å². The summed E-state index contributed by atoms with van der Waals surface area (Å²) in [6.07, 6.45) is 4.58. The quantitative estimate of drug-likeness (QED) is 0.672. The maximum atomic E-state index is 13.4. The zero-order chi connectivity index (χ0) is 12.5. The van der Waals surface area contributed by atoms with Gasteiger partial charge in [0.2, 0.25) is 6.08 Å². The molecule has 17 heavy (non-hydrogen) atoms. The summed E-state index contributed by atoms with van der Waals surface area (Å²) in [5, 5.41) is 9.84. The molecule has 1 saturated carbocycles. The molecule has 1 aliphatic carbocycles. The molecular formula is C12H11BrFNO2. The Kier molecular flexibility index (Phi) is 3.31. The maximum Gasteiger partial charge on any atom is 0.235 e. The van der Waals surface area contributed by atoms with Crippen molar-refractivity contribution in [3.05, 3.63) is 28.0 Å². The summed E-state index contributed by atoms with van der Waals surface area (Å²) in [7, 11) is 0. The molecule has 1 aromatic rings. The van der Waals surface area contributed by atoms with Gasteiger partial charge in [-0.05, 0) is 25.0 Å². The topological polar surface area (TPSA) is 49.7 Å². The lowest BCUT2D eigenvalue weighted by Crippen LogP contribution is -2.20. The van der Waals surface area contributed by atoms with Crippen LogP contribution in [0.15, 0.2) is 21.6 Å². The van der Waals surface area contributed by atoms with E-state index in [0.29, 0.717) is 22.9 Å². The molecule has 0 bridgehead atoms. The molecule has 3 nitrogen and oxygen atoms in total. The van der Waals surface area contributed by atoms with Crippen LogP contribution in [-0.2, 0) is 10.3 Å². The van der Waals surface area contributed by atoms with Gasteiger partial charge >= 0.3 is 0 Å². The number of hydrogen-bond acceptors (Lipinski definition) is 3. The fourth-order valence-electron chi connectivity index (χ4n) is 2.45. The van der Waals surface area contributed by atoms with Crippen LogP contribution in [0, 0.1) is 5.82 Å². The van der Waals surface area contributed by atoms with Gasteiger partial charge in [-0.1, -0.05) is 28.8 Å². The SMILES string of the molecule is O=C=NC1(c2c(Br)ccc(F)c2O)CCCC1. The van der Waals surface area contributed by atoms with Crippen molar-refractivity contribution in [1.82, 2.24) is 0 Å². The van der Waals surface area contributed by atoms with E-state index in [0.717, 1.165) is 12.8 Å². The lowest BCUT2D eigenvalue weighted by atomic mass is 9.88. The number of nitrogens with zero attached hydrogens (tertiary/aromatic N) is 1. The van der Waals surface area contributed by atoms with E-state index in [1.807, 2.05) is 0 Å². The normalized spacial score (nSPS) is 17.8. The zero-order valence-electron chi connectivity index (χ0n) is 9.04.